The lowest BCUT2D eigenvalue weighted by Crippen LogP contribution is -2.32. The van der Waals surface area contributed by atoms with Gasteiger partial charge < -0.3 is 0 Å². The van der Waals surface area contributed by atoms with Crippen molar-refractivity contribution in [2.75, 3.05) is 6.54 Å². The van der Waals surface area contributed by atoms with Crippen molar-refractivity contribution in [1.82, 2.24) is 4.90 Å². The number of imide groups is 1. The Bertz CT molecular complexity index is 461. The fourth-order valence-corrected chi connectivity index (χ4v) is 1.84. The van der Waals surface area contributed by atoms with Crippen LogP contribution in [-0.2, 0) is 4.79 Å². The smallest absolute Gasteiger partial charge is 0.263 e. The molecule has 0 saturated carbocycles. The quantitative estimate of drug-likeness (QED) is 0.707. The molecule has 1 aliphatic rings. The molecule has 1 fully saturated rings. The molecule has 16 heavy (non-hydrogen) atoms. The van der Waals surface area contributed by atoms with Crippen molar-refractivity contribution < 1.29 is 14.0 Å². The first kappa shape index (κ1) is 11.1. The highest BCUT2D eigenvalue weighted by atomic mass is 35.5. The molecule has 3 nitrogen and oxygen atoms in total. The standard InChI is InChI=1S/C11H9ClFNO2/c12-7-3-4-9(13)8(6-7)11(16)14-5-1-2-10(14)15/h3-4,6H,1-2,5H2. The Balaban J connectivity index is 2.33. The number of carbonyl (C=O) groups is 2. The number of hydrogen-bond acceptors (Lipinski definition) is 2. The van der Waals surface area contributed by atoms with E-state index >= 15 is 0 Å². The molecule has 1 aromatic rings. The van der Waals surface area contributed by atoms with E-state index in [1.54, 1.807) is 0 Å². The van der Waals surface area contributed by atoms with Crippen LogP contribution in [0.2, 0.25) is 5.02 Å². The first-order valence-electron chi connectivity index (χ1n) is 4.89. The highest BCUT2D eigenvalue weighted by Gasteiger charge is 2.28. The van der Waals surface area contributed by atoms with Gasteiger partial charge in [-0.2, -0.15) is 0 Å². The number of nitrogens with zero attached hydrogens (tertiary/aromatic N) is 1. The number of benzene rings is 1. The van der Waals surface area contributed by atoms with E-state index in [0.29, 0.717) is 19.4 Å². The molecule has 1 heterocycles. The lowest BCUT2D eigenvalue weighted by molar-refractivity contribution is -0.125. The maximum Gasteiger partial charge on any atom is 0.263 e. The molecule has 0 aromatic heterocycles. The van der Waals surface area contributed by atoms with Crippen molar-refractivity contribution in [2.45, 2.75) is 12.8 Å². The van der Waals surface area contributed by atoms with E-state index in [2.05, 4.69) is 0 Å². The zero-order valence-electron chi connectivity index (χ0n) is 8.37. The average molecular weight is 242 g/mol. The third-order valence-corrected chi connectivity index (χ3v) is 2.71. The van der Waals surface area contributed by atoms with Gasteiger partial charge in [0.1, 0.15) is 5.82 Å². The van der Waals surface area contributed by atoms with Crippen molar-refractivity contribution in [3.63, 3.8) is 0 Å². The van der Waals surface area contributed by atoms with Gasteiger partial charge in [0.2, 0.25) is 5.91 Å². The Morgan fingerprint density at radius 2 is 2.19 bits per heavy atom. The van der Waals surface area contributed by atoms with Gasteiger partial charge in [0.05, 0.1) is 5.56 Å². The molecule has 84 valence electrons. The van der Waals surface area contributed by atoms with Gasteiger partial charge in [-0.3, -0.25) is 14.5 Å². The summed E-state index contributed by atoms with van der Waals surface area (Å²) in [6.45, 7) is 0.351. The minimum Gasteiger partial charge on any atom is -0.278 e. The van der Waals surface area contributed by atoms with Crippen LogP contribution in [0.3, 0.4) is 0 Å². The second-order valence-corrected chi connectivity index (χ2v) is 4.01. The molecule has 2 rings (SSSR count). The summed E-state index contributed by atoms with van der Waals surface area (Å²) in [6.07, 6.45) is 0.973. The number of amides is 2. The van der Waals surface area contributed by atoms with E-state index in [4.69, 9.17) is 11.6 Å². The summed E-state index contributed by atoms with van der Waals surface area (Å²) in [4.78, 5) is 24.2. The molecule has 1 saturated heterocycles. The topological polar surface area (TPSA) is 37.4 Å². The zero-order chi connectivity index (χ0) is 11.7. The summed E-state index contributed by atoms with van der Waals surface area (Å²) >= 11 is 5.68. The Hall–Kier alpha value is -1.42. The molecule has 0 radical (unpaired) electrons. The lowest BCUT2D eigenvalue weighted by atomic mass is 10.2. The van der Waals surface area contributed by atoms with E-state index < -0.39 is 11.7 Å². The van der Waals surface area contributed by atoms with E-state index in [1.807, 2.05) is 0 Å². The predicted molar refractivity (Wildman–Crippen MR) is 56.7 cm³/mol. The molecule has 0 N–H and O–H groups in total. The summed E-state index contributed by atoms with van der Waals surface area (Å²) in [5.41, 5.74) is -0.150. The highest BCUT2D eigenvalue weighted by molar-refractivity contribution is 6.31. The van der Waals surface area contributed by atoms with Gasteiger partial charge in [-0.05, 0) is 24.6 Å². The van der Waals surface area contributed by atoms with Gasteiger partial charge in [0, 0.05) is 18.0 Å². The van der Waals surface area contributed by atoms with E-state index in [1.165, 1.54) is 12.1 Å². The number of hydrogen-bond donors (Lipinski definition) is 0. The van der Waals surface area contributed by atoms with Crippen molar-refractivity contribution in [3.8, 4) is 0 Å². The predicted octanol–water partition coefficient (Wildman–Crippen LogP) is 2.24. The second kappa shape index (κ2) is 4.22. The van der Waals surface area contributed by atoms with E-state index in [9.17, 15) is 14.0 Å². The largest absolute Gasteiger partial charge is 0.278 e. The van der Waals surface area contributed by atoms with Crippen molar-refractivity contribution >= 4 is 23.4 Å². The van der Waals surface area contributed by atoms with Crippen molar-refractivity contribution in [3.05, 3.63) is 34.6 Å². The average Bonchev–Trinajstić information content (AvgIpc) is 2.67. The minimum absolute atomic E-state index is 0.150. The first-order valence-corrected chi connectivity index (χ1v) is 5.27. The molecular weight excluding hydrogens is 233 g/mol. The molecule has 5 heteroatoms. The molecular formula is C11H9ClFNO2. The summed E-state index contributed by atoms with van der Waals surface area (Å²) in [7, 11) is 0. The fourth-order valence-electron chi connectivity index (χ4n) is 1.67. The summed E-state index contributed by atoms with van der Waals surface area (Å²) in [6, 6.07) is 3.72. The Morgan fingerprint density at radius 3 is 2.81 bits per heavy atom. The number of carbonyl (C=O) groups excluding carboxylic acids is 2. The van der Waals surface area contributed by atoms with Gasteiger partial charge in [-0.25, -0.2) is 4.39 Å². The Morgan fingerprint density at radius 1 is 1.44 bits per heavy atom. The number of rotatable bonds is 1. The Labute approximate surface area is 96.8 Å². The van der Waals surface area contributed by atoms with Gasteiger partial charge in [-0.15, -0.1) is 0 Å². The van der Waals surface area contributed by atoms with Crippen LogP contribution >= 0.6 is 11.6 Å². The monoisotopic (exact) mass is 241 g/mol. The summed E-state index contributed by atoms with van der Waals surface area (Å²) in [5.74, 6) is -1.53. The SMILES string of the molecule is O=C1CCCN1C(=O)c1cc(Cl)ccc1F. The third-order valence-electron chi connectivity index (χ3n) is 2.48. The fraction of sp³-hybridized carbons (Fsp3) is 0.273. The number of halogens is 2. The molecule has 2 amide bonds. The summed E-state index contributed by atoms with van der Waals surface area (Å²) < 4.78 is 13.4. The van der Waals surface area contributed by atoms with Crippen LogP contribution in [0, 0.1) is 5.82 Å². The second-order valence-electron chi connectivity index (χ2n) is 3.58. The lowest BCUT2D eigenvalue weighted by Gasteiger charge is -2.13. The van der Waals surface area contributed by atoms with Crippen molar-refractivity contribution in [2.24, 2.45) is 0 Å². The van der Waals surface area contributed by atoms with Crippen LogP contribution in [0.4, 0.5) is 4.39 Å². The maximum absolute atomic E-state index is 13.4. The first-order chi connectivity index (χ1) is 7.59. The highest BCUT2D eigenvalue weighted by Crippen LogP contribution is 2.19. The molecule has 0 aliphatic carbocycles. The zero-order valence-corrected chi connectivity index (χ0v) is 9.13. The summed E-state index contributed by atoms with van der Waals surface area (Å²) in [5, 5.41) is 0.274. The van der Waals surface area contributed by atoms with Gasteiger partial charge in [0.25, 0.3) is 5.91 Å². The maximum atomic E-state index is 13.4. The van der Waals surface area contributed by atoms with Crippen LogP contribution in [0.15, 0.2) is 18.2 Å². The van der Waals surface area contributed by atoms with Crippen LogP contribution in [0.1, 0.15) is 23.2 Å². The molecule has 0 spiro atoms. The normalized spacial score (nSPS) is 15.6. The number of likely N-dealkylation sites (tertiary alicyclic amines) is 1. The molecule has 1 aliphatic heterocycles. The molecule has 0 atom stereocenters. The van der Waals surface area contributed by atoms with Crippen LogP contribution in [0.25, 0.3) is 0 Å². The molecule has 1 aromatic carbocycles. The molecule has 0 unspecified atom stereocenters. The molecule has 0 bridgehead atoms. The van der Waals surface area contributed by atoms with E-state index in [-0.39, 0.29) is 16.5 Å². The van der Waals surface area contributed by atoms with Crippen LogP contribution in [-0.4, -0.2) is 23.3 Å². The van der Waals surface area contributed by atoms with Gasteiger partial charge in [-0.1, -0.05) is 11.6 Å². The van der Waals surface area contributed by atoms with Crippen LogP contribution < -0.4 is 0 Å². The van der Waals surface area contributed by atoms with Crippen molar-refractivity contribution in [1.29, 1.82) is 0 Å². The van der Waals surface area contributed by atoms with Gasteiger partial charge in [0.15, 0.2) is 0 Å². The Kier molecular flexibility index (Phi) is 2.92. The van der Waals surface area contributed by atoms with E-state index in [0.717, 1.165) is 11.0 Å². The van der Waals surface area contributed by atoms with Crippen LogP contribution in [0.5, 0.6) is 0 Å². The third kappa shape index (κ3) is 1.93. The van der Waals surface area contributed by atoms with Gasteiger partial charge >= 0.3 is 0 Å². The minimum atomic E-state index is -0.658.